The summed E-state index contributed by atoms with van der Waals surface area (Å²) in [5.41, 5.74) is 1.92. The van der Waals surface area contributed by atoms with Gasteiger partial charge in [0.05, 0.1) is 5.60 Å². The predicted molar refractivity (Wildman–Crippen MR) is 123 cm³/mol. The van der Waals surface area contributed by atoms with Crippen LogP contribution in [-0.4, -0.2) is 10.7 Å². The molecule has 29 heavy (non-hydrogen) atoms. The van der Waals surface area contributed by atoms with Gasteiger partial charge in [-0.1, -0.05) is 114 Å². The molecule has 2 nitrogen and oxygen atoms in total. The largest absolute Gasteiger partial charge is 0.389 e. The van der Waals surface area contributed by atoms with Gasteiger partial charge in [-0.3, -0.25) is 0 Å². The Morgan fingerprint density at radius 3 is 1.93 bits per heavy atom. The Labute approximate surface area is 177 Å². The molecule has 1 saturated heterocycles. The molecule has 1 aliphatic rings. The van der Waals surface area contributed by atoms with Gasteiger partial charge in [-0.15, -0.1) is 0 Å². The van der Waals surface area contributed by atoms with E-state index >= 15 is 0 Å². The SMILES string of the molecule is CCCCCC[C@@]1(O)[C@@H](C)[C@H](c2ccccc2)N[C@H](c2ccccc2)[C@@H]1CCC. The quantitative estimate of drug-likeness (QED) is 0.458. The standard InChI is InChI=1S/C27H39NO/c1-4-6-7-14-20-27(29)21(3)25(22-16-10-8-11-17-22)28-26(24(27)15-5-2)23-18-12-9-13-19-23/h8-13,16-19,21,24-26,28-29H,4-7,14-15,20H2,1-3H3/t21-,24-,25+,26+,27+/m0/s1. The zero-order valence-corrected chi connectivity index (χ0v) is 18.5. The highest BCUT2D eigenvalue weighted by Gasteiger charge is 2.52. The van der Waals surface area contributed by atoms with Crippen molar-refractivity contribution in [1.29, 1.82) is 0 Å². The predicted octanol–water partition coefficient (Wildman–Crippen LogP) is 6.83. The lowest BCUT2D eigenvalue weighted by Crippen LogP contribution is -2.58. The van der Waals surface area contributed by atoms with Crippen molar-refractivity contribution in [3.05, 3.63) is 71.8 Å². The molecule has 0 aliphatic carbocycles. The summed E-state index contributed by atoms with van der Waals surface area (Å²) < 4.78 is 0. The van der Waals surface area contributed by atoms with Gasteiger partial charge in [-0.05, 0) is 24.0 Å². The van der Waals surface area contributed by atoms with E-state index in [4.69, 9.17) is 0 Å². The molecule has 2 N–H and O–H groups in total. The summed E-state index contributed by atoms with van der Waals surface area (Å²) in [6.45, 7) is 6.75. The topological polar surface area (TPSA) is 32.3 Å². The summed E-state index contributed by atoms with van der Waals surface area (Å²) >= 11 is 0. The van der Waals surface area contributed by atoms with Crippen LogP contribution in [0.15, 0.2) is 60.7 Å². The first kappa shape index (κ1) is 22.1. The number of rotatable bonds is 9. The minimum Gasteiger partial charge on any atom is -0.389 e. The monoisotopic (exact) mass is 393 g/mol. The van der Waals surface area contributed by atoms with Crippen LogP contribution in [0.2, 0.25) is 0 Å². The van der Waals surface area contributed by atoms with E-state index in [9.17, 15) is 5.11 Å². The van der Waals surface area contributed by atoms with Crippen LogP contribution < -0.4 is 5.32 Å². The fourth-order valence-electron chi connectivity index (χ4n) is 5.38. The zero-order chi connectivity index (χ0) is 20.7. The normalized spacial score (nSPS) is 29.7. The highest BCUT2D eigenvalue weighted by atomic mass is 16.3. The minimum atomic E-state index is -0.657. The summed E-state index contributed by atoms with van der Waals surface area (Å²) in [6.07, 6.45) is 7.84. The zero-order valence-electron chi connectivity index (χ0n) is 18.5. The molecule has 0 radical (unpaired) electrons. The first-order valence-corrected chi connectivity index (χ1v) is 11.7. The van der Waals surface area contributed by atoms with Gasteiger partial charge < -0.3 is 10.4 Å². The lowest BCUT2D eigenvalue weighted by molar-refractivity contribution is -0.126. The van der Waals surface area contributed by atoms with Crippen LogP contribution in [0.3, 0.4) is 0 Å². The summed E-state index contributed by atoms with van der Waals surface area (Å²) in [7, 11) is 0. The first-order valence-electron chi connectivity index (χ1n) is 11.7. The average molecular weight is 394 g/mol. The van der Waals surface area contributed by atoms with Crippen LogP contribution in [0.1, 0.15) is 88.9 Å². The van der Waals surface area contributed by atoms with E-state index in [1.165, 1.54) is 30.4 Å². The Balaban J connectivity index is 1.98. The van der Waals surface area contributed by atoms with Gasteiger partial charge in [-0.2, -0.15) is 0 Å². The van der Waals surface area contributed by atoms with Crippen molar-refractivity contribution in [2.75, 3.05) is 0 Å². The van der Waals surface area contributed by atoms with Crippen LogP contribution in [-0.2, 0) is 0 Å². The fraction of sp³-hybridized carbons (Fsp3) is 0.556. The fourth-order valence-corrected chi connectivity index (χ4v) is 5.38. The maximum atomic E-state index is 12.3. The number of piperidine rings is 1. The van der Waals surface area contributed by atoms with Crippen molar-refractivity contribution in [2.45, 2.75) is 83.4 Å². The third-order valence-corrected chi connectivity index (χ3v) is 7.04. The van der Waals surface area contributed by atoms with Gasteiger partial charge in [0.1, 0.15) is 0 Å². The van der Waals surface area contributed by atoms with Crippen LogP contribution in [0.4, 0.5) is 0 Å². The number of unbranched alkanes of at least 4 members (excludes halogenated alkanes) is 3. The molecule has 158 valence electrons. The average Bonchev–Trinajstić information content (AvgIpc) is 2.76. The van der Waals surface area contributed by atoms with Crippen LogP contribution in [0.5, 0.6) is 0 Å². The number of aliphatic hydroxyl groups is 1. The van der Waals surface area contributed by atoms with E-state index in [0.717, 1.165) is 25.7 Å². The van der Waals surface area contributed by atoms with Crippen molar-refractivity contribution < 1.29 is 5.11 Å². The van der Waals surface area contributed by atoms with E-state index in [1.54, 1.807) is 0 Å². The van der Waals surface area contributed by atoms with Crippen LogP contribution in [0, 0.1) is 11.8 Å². The number of benzene rings is 2. The third kappa shape index (κ3) is 4.92. The van der Waals surface area contributed by atoms with E-state index < -0.39 is 5.60 Å². The van der Waals surface area contributed by atoms with Gasteiger partial charge in [0.25, 0.3) is 0 Å². The van der Waals surface area contributed by atoms with E-state index in [2.05, 4.69) is 86.8 Å². The molecule has 1 aliphatic heterocycles. The van der Waals surface area contributed by atoms with E-state index in [-0.39, 0.29) is 23.9 Å². The molecule has 0 unspecified atom stereocenters. The molecule has 2 aromatic rings. The van der Waals surface area contributed by atoms with Gasteiger partial charge in [-0.25, -0.2) is 0 Å². The Kier molecular flexibility index (Phi) is 7.91. The number of hydrogen-bond acceptors (Lipinski definition) is 2. The smallest absolute Gasteiger partial charge is 0.0737 e. The van der Waals surface area contributed by atoms with Gasteiger partial charge in [0.2, 0.25) is 0 Å². The molecule has 2 heteroatoms. The molecule has 0 saturated carbocycles. The molecule has 0 spiro atoms. The molecule has 3 rings (SSSR count). The van der Waals surface area contributed by atoms with Crippen molar-refractivity contribution in [1.82, 2.24) is 5.32 Å². The summed E-state index contributed by atoms with van der Waals surface area (Å²) in [6, 6.07) is 21.8. The Morgan fingerprint density at radius 1 is 0.793 bits per heavy atom. The molecular formula is C27H39NO. The second-order valence-electron chi connectivity index (χ2n) is 8.93. The second-order valence-corrected chi connectivity index (χ2v) is 8.93. The maximum absolute atomic E-state index is 12.3. The third-order valence-electron chi connectivity index (χ3n) is 7.04. The van der Waals surface area contributed by atoms with Crippen LogP contribution >= 0.6 is 0 Å². The molecule has 1 heterocycles. The second kappa shape index (κ2) is 10.4. The van der Waals surface area contributed by atoms with Crippen molar-refractivity contribution in [3.8, 4) is 0 Å². The molecular weight excluding hydrogens is 354 g/mol. The number of nitrogens with one attached hydrogen (secondary N) is 1. The molecule has 5 atom stereocenters. The Morgan fingerprint density at radius 2 is 1.38 bits per heavy atom. The molecule has 0 bridgehead atoms. The number of hydrogen-bond donors (Lipinski definition) is 2. The summed E-state index contributed by atoms with van der Waals surface area (Å²) in [4.78, 5) is 0. The van der Waals surface area contributed by atoms with Crippen molar-refractivity contribution in [3.63, 3.8) is 0 Å². The van der Waals surface area contributed by atoms with E-state index in [0.29, 0.717) is 0 Å². The Hall–Kier alpha value is -1.64. The molecule has 0 aromatic heterocycles. The summed E-state index contributed by atoms with van der Waals surface area (Å²) in [5.74, 6) is 0.398. The van der Waals surface area contributed by atoms with E-state index in [1.807, 2.05) is 0 Å². The Bertz CT molecular complexity index is 716. The minimum absolute atomic E-state index is 0.158. The lowest BCUT2D eigenvalue weighted by atomic mass is 9.62. The highest BCUT2D eigenvalue weighted by Crippen LogP contribution is 2.50. The first-order chi connectivity index (χ1) is 14.1. The maximum Gasteiger partial charge on any atom is 0.0737 e. The highest BCUT2D eigenvalue weighted by molar-refractivity contribution is 5.28. The summed E-state index contributed by atoms with van der Waals surface area (Å²) in [5, 5.41) is 16.2. The van der Waals surface area contributed by atoms with Crippen molar-refractivity contribution >= 4 is 0 Å². The molecule has 0 amide bonds. The molecule has 2 aromatic carbocycles. The van der Waals surface area contributed by atoms with Crippen molar-refractivity contribution in [2.24, 2.45) is 11.8 Å². The van der Waals surface area contributed by atoms with Gasteiger partial charge in [0, 0.05) is 23.9 Å². The lowest BCUT2D eigenvalue weighted by Gasteiger charge is -2.53. The van der Waals surface area contributed by atoms with Gasteiger partial charge in [0.15, 0.2) is 0 Å². The van der Waals surface area contributed by atoms with Crippen LogP contribution in [0.25, 0.3) is 0 Å². The molecule has 1 fully saturated rings. The van der Waals surface area contributed by atoms with Gasteiger partial charge >= 0.3 is 0 Å².